The van der Waals surface area contributed by atoms with E-state index in [2.05, 4.69) is 0 Å². The quantitative estimate of drug-likeness (QED) is 0.823. The van der Waals surface area contributed by atoms with Crippen LogP contribution in [0.1, 0.15) is 29.3 Å². The summed E-state index contributed by atoms with van der Waals surface area (Å²) in [4.78, 5) is 11.8. The van der Waals surface area contributed by atoms with Crippen LogP contribution in [0.3, 0.4) is 0 Å². The summed E-state index contributed by atoms with van der Waals surface area (Å²) in [5.41, 5.74) is 5.22. The summed E-state index contributed by atoms with van der Waals surface area (Å²) >= 11 is 0. The predicted molar refractivity (Wildman–Crippen MR) is 55.5 cm³/mol. The van der Waals surface area contributed by atoms with Gasteiger partial charge in [0.25, 0.3) is 6.43 Å². The molecule has 0 spiro atoms. The van der Waals surface area contributed by atoms with Crippen molar-refractivity contribution in [1.29, 1.82) is 0 Å². The highest BCUT2D eigenvalue weighted by Gasteiger charge is 2.26. The molecule has 0 fully saturated rings. The van der Waals surface area contributed by atoms with Gasteiger partial charge in [0.05, 0.1) is 11.6 Å². The Hall–Kier alpha value is -1.69. The first-order valence-electron chi connectivity index (χ1n) is 5.02. The molecule has 4 nitrogen and oxygen atoms in total. The van der Waals surface area contributed by atoms with Crippen LogP contribution < -0.4 is 15.2 Å². The molecule has 1 unspecified atom stereocenters. The summed E-state index contributed by atoms with van der Waals surface area (Å²) in [5, 5.41) is 0. The SMILES string of the molecule is CC(N)C(=O)c1cc(C(F)F)cc2c1OCO2. The molecular formula is C11H11F2NO3. The number of rotatable bonds is 3. The number of carbonyl (C=O) groups is 1. The minimum Gasteiger partial charge on any atom is -0.454 e. The second-order valence-corrected chi connectivity index (χ2v) is 3.76. The molecule has 1 aromatic carbocycles. The molecule has 1 atom stereocenters. The Morgan fingerprint density at radius 2 is 2.12 bits per heavy atom. The third-order valence-electron chi connectivity index (χ3n) is 2.43. The van der Waals surface area contributed by atoms with Gasteiger partial charge in [-0.2, -0.15) is 0 Å². The second-order valence-electron chi connectivity index (χ2n) is 3.76. The number of hydrogen-bond donors (Lipinski definition) is 1. The second kappa shape index (κ2) is 4.29. The Labute approximate surface area is 96.3 Å². The van der Waals surface area contributed by atoms with E-state index < -0.39 is 18.3 Å². The molecule has 1 aliphatic heterocycles. The van der Waals surface area contributed by atoms with E-state index in [1.54, 1.807) is 0 Å². The molecule has 0 aromatic heterocycles. The number of hydrogen-bond acceptors (Lipinski definition) is 4. The highest BCUT2D eigenvalue weighted by molar-refractivity contribution is 6.03. The van der Waals surface area contributed by atoms with Crippen LogP contribution in [0.25, 0.3) is 0 Å². The van der Waals surface area contributed by atoms with Gasteiger partial charge in [0.2, 0.25) is 6.79 Å². The molecule has 0 bridgehead atoms. The van der Waals surface area contributed by atoms with Gasteiger partial charge in [0, 0.05) is 5.56 Å². The molecule has 6 heteroatoms. The molecule has 0 saturated heterocycles. The molecule has 2 N–H and O–H groups in total. The van der Waals surface area contributed by atoms with E-state index in [-0.39, 0.29) is 29.4 Å². The molecule has 1 aliphatic rings. The number of halogens is 2. The van der Waals surface area contributed by atoms with E-state index in [0.717, 1.165) is 6.07 Å². The van der Waals surface area contributed by atoms with Gasteiger partial charge < -0.3 is 15.2 Å². The number of ketones is 1. The van der Waals surface area contributed by atoms with Gasteiger partial charge in [-0.05, 0) is 19.1 Å². The molecule has 0 saturated carbocycles. The van der Waals surface area contributed by atoms with Crippen molar-refractivity contribution in [3.05, 3.63) is 23.3 Å². The van der Waals surface area contributed by atoms with Crippen LogP contribution in [0.15, 0.2) is 12.1 Å². The third kappa shape index (κ3) is 2.08. The molecule has 1 aromatic rings. The summed E-state index contributed by atoms with van der Waals surface area (Å²) in [6.45, 7) is 1.40. The van der Waals surface area contributed by atoms with Crippen molar-refractivity contribution < 1.29 is 23.0 Å². The van der Waals surface area contributed by atoms with Crippen molar-refractivity contribution in [1.82, 2.24) is 0 Å². The fourth-order valence-corrected chi connectivity index (χ4v) is 1.59. The Morgan fingerprint density at radius 3 is 2.71 bits per heavy atom. The topological polar surface area (TPSA) is 61.6 Å². The summed E-state index contributed by atoms with van der Waals surface area (Å²) in [7, 11) is 0. The molecule has 0 radical (unpaired) electrons. The summed E-state index contributed by atoms with van der Waals surface area (Å²) in [6, 6.07) is 1.49. The number of fused-ring (bicyclic) bond motifs is 1. The first-order chi connectivity index (χ1) is 8.00. The Balaban J connectivity index is 2.53. The molecule has 92 valence electrons. The number of Topliss-reactive ketones (excluding diaryl/α,β-unsaturated/α-hetero) is 1. The smallest absolute Gasteiger partial charge is 0.264 e. The van der Waals surface area contributed by atoms with E-state index in [4.69, 9.17) is 15.2 Å². The van der Waals surface area contributed by atoms with Crippen molar-refractivity contribution in [3.8, 4) is 11.5 Å². The Kier molecular flexibility index (Phi) is 2.97. The highest BCUT2D eigenvalue weighted by atomic mass is 19.3. The van der Waals surface area contributed by atoms with Crippen molar-refractivity contribution in [2.75, 3.05) is 6.79 Å². The Bertz CT molecular complexity index is 460. The minimum absolute atomic E-state index is 0.0466. The minimum atomic E-state index is -2.68. The molecule has 17 heavy (non-hydrogen) atoms. The van der Waals surface area contributed by atoms with Gasteiger partial charge in [0.15, 0.2) is 17.3 Å². The van der Waals surface area contributed by atoms with E-state index in [0.29, 0.717) is 0 Å². The van der Waals surface area contributed by atoms with Crippen LogP contribution >= 0.6 is 0 Å². The lowest BCUT2D eigenvalue weighted by atomic mass is 10.0. The average molecular weight is 243 g/mol. The Morgan fingerprint density at radius 1 is 1.41 bits per heavy atom. The van der Waals surface area contributed by atoms with Gasteiger partial charge in [0.1, 0.15) is 0 Å². The van der Waals surface area contributed by atoms with E-state index >= 15 is 0 Å². The monoisotopic (exact) mass is 243 g/mol. The van der Waals surface area contributed by atoms with Crippen molar-refractivity contribution >= 4 is 5.78 Å². The van der Waals surface area contributed by atoms with E-state index in [1.165, 1.54) is 13.0 Å². The number of nitrogens with two attached hydrogens (primary N) is 1. The molecule has 0 amide bonds. The third-order valence-corrected chi connectivity index (χ3v) is 2.43. The zero-order chi connectivity index (χ0) is 12.6. The fourth-order valence-electron chi connectivity index (χ4n) is 1.59. The molecule has 2 rings (SSSR count). The normalized spacial score (nSPS) is 15.1. The largest absolute Gasteiger partial charge is 0.454 e. The van der Waals surface area contributed by atoms with Gasteiger partial charge in [-0.15, -0.1) is 0 Å². The summed E-state index contributed by atoms with van der Waals surface area (Å²) in [5.74, 6) is -0.0993. The van der Waals surface area contributed by atoms with E-state index in [9.17, 15) is 13.6 Å². The maximum atomic E-state index is 12.6. The first-order valence-corrected chi connectivity index (χ1v) is 5.02. The molecule has 1 heterocycles. The first kappa shape index (κ1) is 11.8. The highest BCUT2D eigenvalue weighted by Crippen LogP contribution is 2.39. The number of carbonyl (C=O) groups excluding carboxylic acids is 1. The number of benzene rings is 1. The number of alkyl halides is 2. The van der Waals surface area contributed by atoms with Crippen LogP contribution in [-0.4, -0.2) is 18.6 Å². The van der Waals surface area contributed by atoms with Crippen LogP contribution in [0.4, 0.5) is 8.78 Å². The summed E-state index contributed by atoms with van der Waals surface area (Å²) < 4.78 is 35.4. The van der Waals surface area contributed by atoms with Crippen LogP contribution in [0.5, 0.6) is 11.5 Å². The van der Waals surface area contributed by atoms with Crippen molar-refractivity contribution in [3.63, 3.8) is 0 Å². The van der Waals surface area contributed by atoms with Crippen LogP contribution in [0.2, 0.25) is 0 Å². The standard InChI is InChI=1S/C11H11F2NO3/c1-5(14)9(15)7-2-6(11(12)13)3-8-10(7)17-4-16-8/h2-3,5,11H,4,14H2,1H3. The van der Waals surface area contributed by atoms with Crippen LogP contribution in [-0.2, 0) is 0 Å². The van der Waals surface area contributed by atoms with E-state index in [1.807, 2.05) is 0 Å². The van der Waals surface area contributed by atoms with Crippen LogP contribution in [0, 0.1) is 0 Å². The molecule has 0 aliphatic carbocycles. The van der Waals surface area contributed by atoms with Gasteiger partial charge in [-0.1, -0.05) is 0 Å². The predicted octanol–water partition coefficient (Wildman–Crippen LogP) is 1.88. The fraction of sp³-hybridized carbons (Fsp3) is 0.364. The van der Waals surface area contributed by atoms with Gasteiger partial charge in [-0.3, -0.25) is 4.79 Å². The van der Waals surface area contributed by atoms with Crippen molar-refractivity contribution in [2.45, 2.75) is 19.4 Å². The lowest BCUT2D eigenvalue weighted by Gasteiger charge is -2.10. The molecular weight excluding hydrogens is 232 g/mol. The lowest BCUT2D eigenvalue weighted by Crippen LogP contribution is -2.27. The number of ether oxygens (including phenoxy) is 2. The van der Waals surface area contributed by atoms with Crippen molar-refractivity contribution in [2.24, 2.45) is 5.73 Å². The zero-order valence-electron chi connectivity index (χ0n) is 9.07. The van der Waals surface area contributed by atoms with Gasteiger partial charge >= 0.3 is 0 Å². The zero-order valence-corrected chi connectivity index (χ0v) is 9.07. The maximum Gasteiger partial charge on any atom is 0.264 e. The lowest BCUT2D eigenvalue weighted by molar-refractivity contribution is 0.0963. The average Bonchev–Trinajstić information content (AvgIpc) is 2.74. The van der Waals surface area contributed by atoms with Gasteiger partial charge in [-0.25, -0.2) is 8.78 Å². The maximum absolute atomic E-state index is 12.6. The summed E-state index contributed by atoms with van der Waals surface area (Å²) in [6.07, 6.45) is -2.68.